The minimum Gasteiger partial charge on any atom is -0.496 e. The molecule has 0 unspecified atom stereocenters. The van der Waals surface area contributed by atoms with Gasteiger partial charge in [0.1, 0.15) is 11.4 Å². The van der Waals surface area contributed by atoms with Crippen LogP contribution in [0.3, 0.4) is 0 Å². The molecular formula is C14H15NO3. The predicted octanol–water partition coefficient (Wildman–Crippen LogP) is 3.01. The van der Waals surface area contributed by atoms with Crippen LogP contribution < -0.4 is 4.74 Å². The van der Waals surface area contributed by atoms with Gasteiger partial charge in [-0.3, -0.25) is 0 Å². The lowest BCUT2D eigenvalue weighted by Gasteiger charge is -2.10. The number of hydrogen-bond acceptors (Lipinski definition) is 2. The Labute approximate surface area is 105 Å². The van der Waals surface area contributed by atoms with Gasteiger partial charge >= 0.3 is 5.97 Å². The molecule has 0 aliphatic heterocycles. The number of aromatic amines is 1. The molecule has 4 nitrogen and oxygen atoms in total. The fourth-order valence-electron chi connectivity index (χ4n) is 1.85. The van der Waals surface area contributed by atoms with E-state index in [1.165, 1.54) is 0 Å². The second-order valence-corrected chi connectivity index (χ2v) is 4.23. The first kappa shape index (κ1) is 12.2. The summed E-state index contributed by atoms with van der Waals surface area (Å²) in [6.07, 6.45) is 0. The van der Waals surface area contributed by atoms with Gasteiger partial charge in [-0.15, -0.1) is 0 Å². The van der Waals surface area contributed by atoms with Crippen molar-refractivity contribution in [3.63, 3.8) is 0 Å². The fourth-order valence-corrected chi connectivity index (χ4v) is 1.85. The number of methoxy groups -OCH3 is 1. The van der Waals surface area contributed by atoms with Gasteiger partial charge < -0.3 is 14.8 Å². The molecule has 0 bridgehead atoms. The molecule has 0 spiro atoms. The van der Waals surface area contributed by atoms with E-state index in [9.17, 15) is 4.79 Å². The second-order valence-electron chi connectivity index (χ2n) is 4.23. The maximum atomic E-state index is 10.9. The van der Waals surface area contributed by atoms with Crippen molar-refractivity contribution in [3.8, 4) is 17.0 Å². The molecule has 0 aliphatic rings. The lowest BCUT2D eigenvalue weighted by atomic mass is 10.0. The highest BCUT2D eigenvalue weighted by Crippen LogP contribution is 2.32. The van der Waals surface area contributed by atoms with Gasteiger partial charge in [-0.2, -0.15) is 0 Å². The molecule has 0 atom stereocenters. The molecule has 0 saturated heterocycles. The average Bonchev–Trinajstić information content (AvgIpc) is 2.81. The molecule has 1 aromatic heterocycles. The first-order valence-electron chi connectivity index (χ1n) is 5.61. The van der Waals surface area contributed by atoms with E-state index in [-0.39, 0.29) is 5.69 Å². The number of benzene rings is 1. The number of carboxylic acids is 1. The summed E-state index contributed by atoms with van der Waals surface area (Å²) < 4.78 is 5.34. The number of aryl methyl sites for hydroxylation is 2. The number of ether oxygens (including phenoxy) is 1. The smallest absolute Gasteiger partial charge is 0.352 e. The van der Waals surface area contributed by atoms with E-state index in [0.29, 0.717) is 0 Å². The van der Waals surface area contributed by atoms with Crippen molar-refractivity contribution in [2.75, 3.05) is 7.11 Å². The topological polar surface area (TPSA) is 62.3 Å². The van der Waals surface area contributed by atoms with Crippen LogP contribution in [0.2, 0.25) is 0 Å². The Bertz CT molecular complexity index is 599. The van der Waals surface area contributed by atoms with E-state index in [1.807, 2.05) is 26.0 Å². The van der Waals surface area contributed by atoms with E-state index in [4.69, 9.17) is 9.84 Å². The predicted molar refractivity (Wildman–Crippen MR) is 69.2 cm³/mol. The van der Waals surface area contributed by atoms with Crippen LogP contribution in [0.15, 0.2) is 24.3 Å². The average molecular weight is 245 g/mol. The van der Waals surface area contributed by atoms with Gasteiger partial charge in [0.05, 0.1) is 7.11 Å². The van der Waals surface area contributed by atoms with Crippen LogP contribution in [0, 0.1) is 13.8 Å². The van der Waals surface area contributed by atoms with Crippen molar-refractivity contribution < 1.29 is 14.6 Å². The Kier molecular flexibility index (Phi) is 3.10. The summed E-state index contributed by atoms with van der Waals surface area (Å²) >= 11 is 0. The third-order valence-electron chi connectivity index (χ3n) is 3.02. The molecule has 2 N–H and O–H groups in total. The maximum absolute atomic E-state index is 10.9. The zero-order valence-electron chi connectivity index (χ0n) is 10.6. The molecular weight excluding hydrogens is 230 g/mol. The normalized spacial score (nSPS) is 10.4. The zero-order valence-corrected chi connectivity index (χ0v) is 10.6. The molecule has 0 saturated carbocycles. The molecule has 1 aromatic carbocycles. The van der Waals surface area contributed by atoms with E-state index >= 15 is 0 Å². The molecule has 1 heterocycles. The van der Waals surface area contributed by atoms with Gasteiger partial charge in [-0.25, -0.2) is 4.79 Å². The number of nitrogens with one attached hydrogen (secondary N) is 1. The minimum absolute atomic E-state index is 0.172. The van der Waals surface area contributed by atoms with Crippen LogP contribution in [0.25, 0.3) is 11.3 Å². The van der Waals surface area contributed by atoms with Gasteiger partial charge in [0.25, 0.3) is 0 Å². The molecule has 94 valence electrons. The summed E-state index contributed by atoms with van der Waals surface area (Å²) in [5.74, 6) is -0.235. The Morgan fingerprint density at radius 1 is 1.22 bits per heavy atom. The number of carbonyl (C=O) groups is 1. The van der Waals surface area contributed by atoms with Gasteiger partial charge in [0, 0.05) is 11.3 Å². The maximum Gasteiger partial charge on any atom is 0.352 e. The Balaban J connectivity index is 2.55. The van der Waals surface area contributed by atoms with Crippen molar-refractivity contribution in [1.29, 1.82) is 0 Å². The molecule has 0 aliphatic carbocycles. The number of aromatic carboxylic acids is 1. The van der Waals surface area contributed by atoms with E-state index in [0.717, 1.165) is 28.1 Å². The van der Waals surface area contributed by atoms with Crippen LogP contribution in [0.5, 0.6) is 5.75 Å². The quantitative estimate of drug-likeness (QED) is 0.873. The number of aromatic nitrogens is 1. The summed E-state index contributed by atoms with van der Waals surface area (Å²) in [7, 11) is 1.61. The lowest BCUT2D eigenvalue weighted by Crippen LogP contribution is -1.96. The number of carboxylic acid groups (broad SMARTS) is 1. The largest absolute Gasteiger partial charge is 0.496 e. The first-order chi connectivity index (χ1) is 8.52. The zero-order chi connectivity index (χ0) is 13.3. The summed E-state index contributed by atoms with van der Waals surface area (Å²) in [4.78, 5) is 13.7. The minimum atomic E-state index is -0.968. The fraction of sp³-hybridized carbons (Fsp3) is 0.214. The van der Waals surface area contributed by atoms with E-state index in [2.05, 4.69) is 4.98 Å². The summed E-state index contributed by atoms with van der Waals surface area (Å²) in [6.45, 7) is 4.03. The molecule has 0 fully saturated rings. The van der Waals surface area contributed by atoms with Crippen LogP contribution in [-0.4, -0.2) is 23.2 Å². The summed E-state index contributed by atoms with van der Waals surface area (Å²) in [5, 5.41) is 8.91. The second kappa shape index (κ2) is 4.56. The Morgan fingerprint density at radius 2 is 1.89 bits per heavy atom. The van der Waals surface area contributed by atoms with Crippen molar-refractivity contribution in [3.05, 3.63) is 41.1 Å². The highest BCUT2D eigenvalue weighted by atomic mass is 16.5. The monoisotopic (exact) mass is 245 g/mol. The highest BCUT2D eigenvalue weighted by molar-refractivity contribution is 5.87. The van der Waals surface area contributed by atoms with Gasteiger partial charge in [0.2, 0.25) is 0 Å². The third kappa shape index (κ3) is 2.09. The van der Waals surface area contributed by atoms with Crippen molar-refractivity contribution in [2.24, 2.45) is 0 Å². The molecule has 2 aromatic rings. The SMILES string of the molecule is COc1cc(C)c(C)cc1-c1ccc(C(=O)O)[nH]1. The summed E-state index contributed by atoms with van der Waals surface area (Å²) in [5.41, 5.74) is 4.06. The molecule has 18 heavy (non-hydrogen) atoms. The lowest BCUT2D eigenvalue weighted by molar-refractivity contribution is 0.0691. The van der Waals surface area contributed by atoms with Crippen LogP contribution >= 0.6 is 0 Å². The third-order valence-corrected chi connectivity index (χ3v) is 3.02. The standard InChI is InChI=1S/C14H15NO3/c1-8-6-10(13(18-3)7-9(8)2)11-4-5-12(15-11)14(16)17/h4-7,15H,1-3H3,(H,16,17). The number of H-pyrrole nitrogens is 1. The Hall–Kier alpha value is -2.23. The number of hydrogen-bond donors (Lipinski definition) is 2. The highest BCUT2D eigenvalue weighted by Gasteiger charge is 2.12. The van der Waals surface area contributed by atoms with E-state index in [1.54, 1.807) is 19.2 Å². The molecule has 2 rings (SSSR count). The van der Waals surface area contributed by atoms with Crippen LogP contribution in [0.1, 0.15) is 21.6 Å². The summed E-state index contributed by atoms with van der Waals surface area (Å²) in [6, 6.07) is 7.24. The van der Waals surface area contributed by atoms with Crippen molar-refractivity contribution in [2.45, 2.75) is 13.8 Å². The first-order valence-corrected chi connectivity index (χ1v) is 5.61. The molecule has 0 amide bonds. The van der Waals surface area contributed by atoms with Crippen molar-refractivity contribution >= 4 is 5.97 Å². The van der Waals surface area contributed by atoms with Gasteiger partial charge in [-0.05, 0) is 49.2 Å². The number of rotatable bonds is 3. The van der Waals surface area contributed by atoms with Gasteiger partial charge in [-0.1, -0.05) is 0 Å². The van der Waals surface area contributed by atoms with E-state index < -0.39 is 5.97 Å². The van der Waals surface area contributed by atoms with Crippen LogP contribution in [0.4, 0.5) is 0 Å². The van der Waals surface area contributed by atoms with Gasteiger partial charge in [0.15, 0.2) is 0 Å². The Morgan fingerprint density at radius 3 is 2.44 bits per heavy atom. The molecule has 4 heteroatoms. The van der Waals surface area contributed by atoms with Crippen LogP contribution in [-0.2, 0) is 0 Å². The van der Waals surface area contributed by atoms with Crippen molar-refractivity contribution in [1.82, 2.24) is 4.98 Å². The molecule has 0 radical (unpaired) electrons.